The Morgan fingerprint density at radius 3 is 2.12 bits per heavy atom. The molecule has 0 spiro atoms. The van der Waals surface area contributed by atoms with E-state index in [1.807, 2.05) is 4.90 Å². The van der Waals surface area contributed by atoms with Gasteiger partial charge in [0.05, 0.1) is 13.2 Å². The van der Waals surface area contributed by atoms with Crippen molar-refractivity contribution in [1.82, 2.24) is 4.90 Å². The van der Waals surface area contributed by atoms with Gasteiger partial charge in [-0.1, -0.05) is 12.8 Å². The molecule has 0 aromatic carbocycles. The fraction of sp³-hybridized carbons (Fsp3) is 0.923. The van der Waals surface area contributed by atoms with Gasteiger partial charge in [-0.05, 0) is 25.7 Å². The number of hydrogen-bond donors (Lipinski definition) is 2. The van der Waals surface area contributed by atoms with Gasteiger partial charge in [-0.15, -0.1) is 0 Å². The monoisotopic (exact) mass is 241 g/mol. The Morgan fingerprint density at radius 1 is 1.12 bits per heavy atom. The van der Waals surface area contributed by atoms with Crippen molar-refractivity contribution < 1.29 is 15.0 Å². The van der Waals surface area contributed by atoms with E-state index in [-0.39, 0.29) is 24.5 Å². The van der Waals surface area contributed by atoms with Crippen LogP contribution in [-0.4, -0.2) is 47.3 Å². The van der Waals surface area contributed by atoms with Crippen LogP contribution in [-0.2, 0) is 4.79 Å². The highest BCUT2D eigenvalue weighted by Crippen LogP contribution is 2.33. The molecule has 0 aromatic heterocycles. The zero-order valence-electron chi connectivity index (χ0n) is 10.4. The summed E-state index contributed by atoms with van der Waals surface area (Å²) in [4.78, 5) is 14.1. The molecule has 1 heterocycles. The van der Waals surface area contributed by atoms with Crippen LogP contribution in [0, 0.1) is 11.3 Å². The van der Waals surface area contributed by atoms with Crippen LogP contribution in [0.2, 0.25) is 0 Å². The summed E-state index contributed by atoms with van der Waals surface area (Å²) in [5, 5.41) is 18.6. The molecule has 1 aliphatic heterocycles. The first kappa shape index (κ1) is 12.8. The summed E-state index contributed by atoms with van der Waals surface area (Å²) in [6.45, 7) is 1.43. The molecule has 2 rings (SSSR count). The molecule has 1 aliphatic carbocycles. The Labute approximate surface area is 103 Å². The van der Waals surface area contributed by atoms with Gasteiger partial charge in [-0.2, -0.15) is 0 Å². The normalized spacial score (nSPS) is 25.2. The third kappa shape index (κ3) is 2.63. The predicted octanol–water partition coefficient (Wildman–Crippen LogP) is 0.770. The van der Waals surface area contributed by atoms with E-state index in [4.69, 9.17) is 0 Å². The van der Waals surface area contributed by atoms with Crippen LogP contribution >= 0.6 is 0 Å². The number of aliphatic hydroxyl groups is 2. The van der Waals surface area contributed by atoms with Crippen LogP contribution in [0.25, 0.3) is 0 Å². The largest absolute Gasteiger partial charge is 0.396 e. The summed E-state index contributed by atoms with van der Waals surface area (Å²) in [5.74, 6) is 0.540. The van der Waals surface area contributed by atoms with Gasteiger partial charge in [0.1, 0.15) is 0 Å². The number of carbonyl (C=O) groups excluding carboxylic acids is 1. The van der Waals surface area contributed by atoms with Gasteiger partial charge in [0, 0.05) is 24.4 Å². The lowest BCUT2D eigenvalue weighted by atomic mass is 9.79. The second-order valence-corrected chi connectivity index (χ2v) is 5.62. The summed E-state index contributed by atoms with van der Waals surface area (Å²) >= 11 is 0. The van der Waals surface area contributed by atoms with Crippen LogP contribution in [0.15, 0.2) is 0 Å². The van der Waals surface area contributed by atoms with Gasteiger partial charge in [0.25, 0.3) is 0 Å². The van der Waals surface area contributed by atoms with Gasteiger partial charge in [-0.3, -0.25) is 4.79 Å². The van der Waals surface area contributed by atoms with Crippen molar-refractivity contribution in [1.29, 1.82) is 0 Å². The number of rotatable bonds is 3. The summed E-state index contributed by atoms with van der Waals surface area (Å²) < 4.78 is 0. The maximum absolute atomic E-state index is 12.2. The Hall–Kier alpha value is -0.610. The number of carbonyl (C=O) groups is 1. The van der Waals surface area contributed by atoms with E-state index in [0.717, 1.165) is 25.7 Å². The molecule has 0 unspecified atom stereocenters. The summed E-state index contributed by atoms with van der Waals surface area (Å²) in [6.07, 6.45) is 5.89. The number of likely N-dealkylation sites (tertiary alicyclic amines) is 1. The second kappa shape index (κ2) is 5.36. The number of amides is 1. The number of nitrogens with zero attached hydrogens (tertiary/aromatic N) is 1. The highest BCUT2D eigenvalue weighted by Gasteiger charge is 2.36. The number of hydrogen-bond acceptors (Lipinski definition) is 3. The zero-order chi connectivity index (χ0) is 12.3. The fourth-order valence-corrected chi connectivity index (χ4v) is 3.00. The average molecular weight is 241 g/mol. The van der Waals surface area contributed by atoms with Gasteiger partial charge < -0.3 is 15.1 Å². The lowest BCUT2D eigenvalue weighted by molar-refractivity contribution is -0.139. The van der Waals surface area contributed by atoms with Gasteiger partial charge in [0.15, 0.2) is 0 Å². The molecule has 2 N–H and O–H groups in total. The summed E-state index contributed by atoms with van der Waals surface area (Å²) in [5.41, 5.74) is -0.355. The minimum atomic E-state index is -0.355. The molecule has 1 saturated heterocycles. The van der Waals surface area contributed by atoms with E-state index in [2.05, 4.69) is 0 Å². The Morgan fingerprint density at radius 2 is 1.65 bits per heavy atom. The quantitative estimate of drug-likeness (QED) is 0.767. The standard InChI is InChI=1S/C13H23NO3/c15-9-13(10-16)5-7-14(8-6-13)12(17)11-3-1-2-4-11/h11,15-16H,1-10H2. The van der Waals surface area contributed by atoms with Crippen LogP contribution < -0.4 is 0 Å². The predicted molar refractivity (Wildman–Crippen MR) is 64.4 cm³/mol. The van der Waals surface area contributed by atoms with Crippen molar-refractivity contribution in [2.45, 2.75) is 38.5 Å². The molecule has 2 fully saturated rings. The second-order valence-electron chi connectivity index (χ2n) is 5.62. The first-order chi connectivity index (χ1) is 8.21. The van der Waals surface area contributed by atoms with Crippen LogP contribution in [0.5, 0.6) is 0 Å². The average Bonchev–Trinajstić information content (AvgIpc) is 2.92. The van der Waals surface area contributed by atoms with Gasteiger partial charge in [-0.25, -0.2) is 0 Å². The van der Waals surface area contributed by atoms with E-state index in [1.54, 1.807) is 0 Å². The Kier molecular flexibility index (Phi) is 4.05. The highest BCUT2D eigenvalue weighted by molar-refractivity contribution is 5.79. The Bertz CT molecular complexity index is 260. The highest BCUT2D eigenvalue weighted by atomic mass is 16.3. The first-order valence-corrected chi connectivity index (χ1v) is 6.71. The van der Waals surface area contributed by atoms with Crippen molar-refractivity contribution in [2.24, 2.45) is 11.3 Å². The fourth-order valence-electron chi connectivity index (χ4n) is 3.00. The molecule has 2 aliphatic rings. The van der Waals surface area contributed by atoms with E-state index >= 15 is 0 Å². The van der Waals surface area contributed by atoms with Crippen molar-refractivity contribution in [3.63, 3.8) is 0 Å². The third-order valence-electron chi connectivity index (χ3n) is 4.51. The molecule has 1 saturated carbocycles. The molecule has 17 heavy (non-hydrogen) atoms. The lowest BCUT2D eigenvalue weighted by Gasteiger charge is -2.40. The molecule has 98 valence electrons. The molecule has 0 atom stereocenters. The SMILES string of the molecule is O=C(C1CCCC1)N1CCC(CO)(CO)CC1. The van der Waals surface area contributed by atoms with Gasteiger partial charge >= 0.3 is 0 Å². The first-order valence-electron chi connectivity index (χ1n) is 6.71. The smallest absolute Gasteiger partial charge is 0.225 e. The minimum absolute atomic E-state index is 0.0228. The van der Waals surface area contributed by atoms with E-state index in [0.29, 0.717) is 19.0 Å². The topological polar surface area (TPSA) is 60.8 Å². The Balaban J connectivity index is 1.87. The third-order valence-corrected chi connectivity index (χ3v) is 4.51. The molecule has 1 amide bonds. The van der Waals surface area contributed by atoms with Crippen LogP contribution in [0.4, 0.5) is 0 Å². The van der Waals surface area contributed by atoms with Crippen molar-refractivity contribution >= 4 is 5.91 Å². The van der Waals surface area contributed by atoms with E-state index < -0.39 is 0 Å². The molecule has 0 aromatic rings. The summed E-state index contributed by atoms with van der Waals surface area (Å²) in [6, 6.07) is 0. The van der Waals surface area contributed by atoms with E-state index in [1.165, 1.54) is 12.8 Å². The van der Waals surface area contributed by atoms with Crippen molar-refractivity contribution in [3.8, 4) is 0 Å². The molecule has 0 bridgehead atoms. The number of aliphatic hydroxyl groups excluding tert-OH is 2. The van der Waals surface area contributed by atoms with Gasteiger partial charge in [0.2, 0.25) is 5.91 Å². The number of piperidine rings is 1. The van der Waals surface area contributed by atoms with Crippen LogP contribution in [0.3, 0.4) is 0 Å². The van der Waals surface area contributed by atoms with Crippen molar-refractivity contribution in [3.05, 3.63) is 0 Å². The van der Waals surface area contributed by atoms with Crippen molar-refractivity contribution in [2.75, 3.05) is 26.3 Å². The lowest BCUT2D eigenvalue weighted by Crippen LogP contribution is -2.47. The summed E-state index contributed by atoms with van der Waals surface area (Å²) in [7, 11) is 0. The molecule has 0 radical (unpaired) electrons. The molecule has 4 nitrogen and oxygen atoms in total. The zero-order valence-corrected chi connectivity index (χ0v) is 10.4. The van der Waals surface area contributed by atoms with Crippen LogP contribution in [0.1, 0.15) is 38.5 Å². The molecular formula is C13H23NO3. The minimum Gasteiger partial charge on any atom is -0.396 e. The molecular weight excluding hydrogens is 218 g/mol. The maximum atomic E-state index is 12.2. The van der Waals surface area contributed by atoms with E-state index in [9.17, 15) is 15.0 Å². The molecule has 4 heteroatoms. The maximum Gasteiger partial charge on any atom is 0.225 e.